The van der Waals surface area contributed by atoms with Crippen LogP contribution in [0.25, 0.3) is 0 Å². The van der Waals surface area contributed by atoms with Crippen LogP contribution < -0.4 is 49.1 Å². The van der Waals surface area contributed by atoms with Gasteiger partial charge in [0.25, 0.3) is 0 Å². The number of benzene rings is 3. The molecule has 3 aliphatic rings. The first-order valence-corrected chi connectivity index (χ1v) is 29.8. The lowest BCUT2D eigenvalue weighted by atomic mass is 9.85. The van der Waals surface area contributed by atoms with Crippen LogP contribution in [0, 0.1) is 0 Å². The van der Waals surface area contributed by atoms with Crippen molar-refractivity contribution in [1.82, 2.24) is 30.7 Å². The number of hydrogen-bond donors (Lipinski definition) is 9. The number of nitrogens with one attached hydrogen (secondary N) is 6. The molecule has 3 fully saturated rings. The summed E-state index contributed by atoms with van der Waals surface area (Å²) in [7, 11) is 0. The van der Waals surface area contributed by atoms with E-state index in [0.717, 1.165) is 16.7 Å². The molecule has 3 aliphatic heterocycles. The largest absolute Gasteiger partial charge is 0.343 e. The van der Waals surface area contributed by atoms with E-state index in [9.17, 15) is 43.2 Å². The summed E-state index contributed by atoms with van der Waals surface area (Å²) in [6, 6.07) is 18.7. The van der Waals surface area contributed by atoms with Gasteiger partial charge in [0.1, 0.15) is 50.7 Å². The summed E-state index contributed by atoms with van der Waals surface area (Å²) in [5.41, 5.74) is 20.9. The maximum absolute atomic E-state index is 13.8. The molecule has 0 bridgehead atoms. The zero-order valence-electron chi connectivity index (χ0n) is 43.2. The van der Waals surface area contributed by atoms with Gasteiger partial charge in [-0.15, -0.1) is 0 Å². The second-order valence-electron chi connectivity index (χ2n) is 18.6. The molecule has 0 aromatic heterocycles. The summed E-state index contributed by atoms with van der Waals surface area (Å²) in [4.78, 5) is 121. The smallest absolute Gasteiger partial charge is 0.246 e. The molecular formula is C52H64N12O9S6. The minimum Gasteiger partial charge on any atom is -0.343 e. The SMILES string of the molecule is NCCCC[C@@H](NC(=O)CN1C(=O)CSC1=S)C(=O)Nc1ccc(C(c2ccc(NC(=O)[C@@H](CCCCN)NC(=O)CN3C(=O)CSC3=S)cc2)c2ccc(NC(=O)[C@@H](CCCCN)NC(=O)CN3C(=O)CSC3=S)cc2)cc1. The number of thioether (sulfide) groups is 3. The Kier molecular flexibility index (Phi) is 24.6. The summed E-state index contributed by atoms with van der Waals surface area (Å²) >= 11 is 19.2. The fourth-order valence-corrected chi connectivity index (χ4v) is 11.8. The molecule has 3 saturated heterocycles. The van der Waals surface area contributed by atoms with E-state index in [2.05, 4.69) is 31.9 Å². The van der Waals surface area contributed by atoms with Crippen molar-refractivity contribution in [3.63, 3.8) is 0 Å². The Morgan fingerprint density at radius 1 is 0.430 bits per heavy atom. The van der Waals surface area contributed by atoms with E-state index in [-0.39, 0.29) is 54.6 Å². The average Bonchev–Trinajstić information content (AvgIpc) is 4.05. The Morgan fingerprint density at radius 3 is 0.899 bits per heavy atom. The fraction of sp³-hybridized carbons (Fsp3) is 0.423. The lowest BCUT2D eigenvalue weighted by Gasteiger charge is -2.23. The highest BCUT2D eigenvalue weighted by Crippen LogP contribution is 2.34. The summed E-state index contributed by atoms with van der Waals surface area (Å²) in [6.45, 7) is 0.288. The van der Waals surface area contributed by atoms with Gasteiger partial charge in [-0.25, -0.2) is 0 Å². The zero-order chi connectivity index (χ0) is 57.0. The van der Waals surface area contributed by atoms with Gasteiger partial charge >= 0.3 is 0 Å². The predicted molar refractivity (Wildman–Crippen MR) is 321 cm³/mol. The number of hydrogen-bond acceptors (Lipinski definition) is 18. The highest BCUT2D eigenvalue weighted by atomic mass is 32.2. The lowest BCUT2D eigenvalue weighted by molar-refractivity contribution is -0.131. The van der Waals surface area contributed by atoms with Gasteiger partial charge in [0.15, 0.2) is 0 Å². The third-order valence-corrected chi connectivity index (χ3v) is 17.1. The number of amides is 9. The number of nitrogens with two attached hydrogens (primary N) is 3. The van der Waals surface area contributed by atoms with Gasteiger partial charge in [-0.05, 0) is 131 Å². The molecule has 3 aromatic carbocycles. The number of carbonyl (C=O) groups is 9. The molecule has 79 heavy (non-hydrogen) atoms. The van der Waals surface area contributed by atoms with Gasteiger partial charge in [0, 0.05) is 23.0 Å². The molecule has 21 nitrogen and oxygen atoms in total. The molecule has 0 aliphatic carbocycles. The Bertz CT molecular complexity index is 2420. The van der Waals surface area contributed by atoms with Gasteiger partial charge in [-0.3, -0.25) is 57.9 Å². The van der Waals surface area contributed by atoms with Gasteiger partial charge in [-0.1, -0.05) is 108 Å². The van der Waals surface area contributed by atoms with Gasteiger partial charge in [0.2, 0.25) is 53.2 Å². The number of unbranched alkanes of at least 4 members (excludes halogenated alkanes) is 3. The van der Waals surface area contributed by atoms with Crippen molar-refractivity contribution in [3.8, 4) is 0 Å². The monoisotopic (exact) mass is 1190 g/mol. The van der Waals surface area contributed by atoms with Crippen molar-refractivity contribution in [2.45, 2.75) is 81.8 Å². The molecule has 422 valence electrons. The molecule has 6 rings (SSSR count). The van der Waals surface area contributed by atoms with Crippen molar-refractivity contribution >= 4 is 155 Å². The van der Waals surface area contributed by atoms with Crippen LogP contribution in [0.2, 0.25) is 0 Å². The molecule has 0 saturated carbocycles. The van der Waals surface area contributed by atoms with E-state index in [4.69, 9.17) is 53.9 Å². The minimum absolute atomic E-state index is 0.150. The third-order valence-electron chi connectivity index (χ3n) is 12.8. The van der Waals surface area contributed by atoms with E-state index in [1.807, 2.05) is 36.4 Å². The van der Waals surface area contributed by atoms with Crippen LogP contribution in [0.3, 0.4) is 0 Å². The van der Waals surface area contributed by atoms with E-state index in [1.54, 1.807) is 36.4 Å². The molecule has 27 heteroatoms. The highest BCUT2D eigenvalue weighted by Gasteiger charge is 2.33. The van der Waals surface area contributed by atoms with Gasteiger partial charge in [0.05, 0.1) is 17.3 Å². The van der Waals surface area contributed by atoms with E-state index in [0.29, 0.717) is 107 Å². The quantitative estimate of drug-likeness (QED) is 0.0263. The molecule has 0 spiro atoms. The molecule has 3 aromatic rings. The number of anilines is 3. The first-order chi connectivity index (χ1) is 38.0. The molecule has 3 heterocycles. The Hall–Kier alpha value is -5.91. The molecule has 9 amide bonds. The second kappa shape index (κ2) is 31.2. The van der Waals surface area contributed by atoms with Crippen LogP contribution >= 0.6 is 71.9 Å². The minimum atomic E-state index is -0.935. The van der Waals surface area contributed by atoms with Gasteiger partial charge in [-0.2, -0.15) is 0 Å². The van der Waals surface area contributed by atoms with Gasteiger partial charge < -0.3 is 49.1 Å². The van der Waals surface area contributed by atoms with Crippen molar-refractivity contribution in [3.05, 3.63) is 89.5 Å². The summed E-state index contributed by atoms with van der Waals surface area (Å²) in [6.07, 6.45) is 4.45. The molecule has 0 radical (unpaired) electrons. The first-order valence-electron chi connectivity index (χ1n) is 25.6. The normalized spacial score (nSPS) is 15.6. The van der Waals surface area contributed by atoms with Crippen molar-refractivity contribution < 1.29 is 43.2 Å². The lowest BCUT2D eigenvalue weighted by Crippen LogP contribution is -2.48. The van der Waals surface area contributed by atoms with Crippen LogP contribution in [0.15, 0.2) is 72.8 Å². The van der Waals surface area contributed by atoms with Crippen LogP contribution in [-0.4, -0.2) is 155 Å². The molecule has 12 N–H and O–H groups in total. The Labute approximate surface area is 486 Å². The topological polar surface area (TPSA) is 314 Å². The average molecular weight is 1190 g/mol. The number of nitrogens with zero attached hydrogens (tertiary/aromatic N) is 3. The fourth-order valence-electron chi connectivity index (χ4n) is 8.58. The molecule has 3 atom stereocenters. The van der Waals surface area contributed by atoms with Crippen molar-refractivity contribution in [2.24, 2.45) is 17.2 Å². The number of rotatable bonds is 30. The zero-order valence-corrected chi connectivity index (χ0v) is 48.1. The Balaban J connectivity index is 1.22. The van der Waals surface area contributed by atoms with Crippen molar-refractivity contribution in [1.29, 1.82) is 0 Å². The maximum atomic E-state index is 13.8. The van der Waals surface area contributed by atoms with Crippen LogP contribution in [-0.2, 0) is 43.2 Å². The highest BCUT2D eigenvalue weighted by molar-refractivity contribution is 8.24. The summed E-state index contributed by atoms with van der Waals surface area (Å²) in [5.74, 6) is -3.84. The van der Waals surface area contributed by atoms with Crippen LogP contribution in [0.1, 0.15) is 80.4 Å². The third kappa shape index (κ3) is 18.6. The molecule has 0 unspecified atom stereocenters. The summed E-state index contributed by atoms with van der Waals surface area (Å²) in [5, 5.41) is 17.0. The number of carbonyl (C=O) groups excluding carboxylic acids is 9. The molecular weight excluding hydrogens is 1130 g/mol. The number of thiocarbonyl (C=S) groups is 3. The van der Waals surface area contributed by atoms with Crippen molar-refractivity contribution in [2.75, 3.05) is 72.5 Å². The standard InChI is InChI=1S/C52H64N12O9S6/c53-22-4-1-7-37(59-40(65)25-62-43(68)28-77-50(62)74)47(71)56-34-16-10-31(11-17-34)46(32-12-18-35(19-13-32)57-48(72)38(8-2-5-23-54)60-41(66)26-63-44(69)29-78-51(63)75)33-14-20-36(21-15-33)58-49(73)39(9-3-6-24-55)61-42(67)27-64-45(70)30-79-52(64)76/h10-21,37-39,46H,1-9,22-30,53-55H2,(H,56,71)(H,57,72)(H,58,73)(H,59,65)(H,60,66)(H,61,67)/t37-,38-,39-/m1/s1. The van der Waals surface area contributed by atoms with E-state index >= 15 is 0 Å². The summed E-state index contributed by atoms with van der Waals surface area (Å²) < 4.78 is 0.899. The first kappa shape index (κ1) is 62.3. The Morgan fingerprint density at radius 2 is 0.684 bits per heavy atom. The predicted octanol–water partition coefficient (Wildman–Crippen LogP) is 3.10. The van der Waals surface area contributed by atoms with E-state index in [1.165, 1.54) is 50.0 Å². The van der Waals surface area contributed by atoms with E-state index < -0.39 is 59.5 Å². The second-order valence-corrected chi connectivity index (χ2v) is 23.4. The maximum Gasteiger partial charge on any atom is 0.246 e. The van der Waals surface area contributed by atoms with Crippen LogP contribution in [0.5, 0.6) is 0 Å². The van der Waals surface area contributed by atoms with Crippen LogP contribution in [0.4, 0.5) is 17.1 Å².